The predicted molar refractivity (Wildman–Crippen MR) is 91.6 cm³/mol. The molecule has 1 saturated carbocycles. The van der Waals surface area contributed by atoms with Gasteiger partial charge in [0.1, 0.15) is 0 Å². The minimum Gasteiger partial charge on any atom is -0.475 e. The lowest BCUT2D eigenvalue weighted by Crippen LogP contribution is -2.55. The first-order valence-corrected chi connectivity index (χ1v) is 9.15. The number of rotatable bonds is 6. The number of piperidine rings is 1. The molecule has 2 aliphatic rings. The number of amides is 2. The van der Waals surface area contributed by atoms with Gasteiger partial charge in [-0.1, -0.05) is 20.3 Å². The summed E-state index contributed by atoms with van der Waals surface area (Å²) in [5, 5.41) is 10.5. The fourth-order valence-electron chi connectivity index (χ4n) is 3.11. The number of nitrogens with one attached hydrogen (secondary N) is 1. The van der Waals surface area contributed by atoms with Crippen molar-refractivity contribution in [2.24, 2.45) is 17.6 Å². The number of likely N-dealkylation sites (tertiary alicyclic amines) is 1. The summed E-state index contributed by atoms with van der Waals surface area (Å²) < 4.78 is 31.7. The Morgan fingerprint density at radius 1 is 1.22 bits per heavy atom. The summed E-state index contributed by atoms with van der Waals surface area (Å²) in [5.74, 6) is -1.99. The van der Waals surface area contributed by atoms with Crippen LogP contribution in [0.5, 0.6) is 0 Å². The number of alkyl halides is 3. The lowest BCUT2D eigenvalue weighted by atomic mass is 9.88. The first-order chi connectivity index (χ1) is 12.5. The smallest absolute Gasteiger partial charge is 0.475 e. The fraction of sp³-hybridized carbons (Fsp3) is 0.824. The van der Waals surface area contributed by atoms with Gasteiger partial charge in [-0.25, -0.2) is 4.79 Å². The van der Waals surface area contributed by atoms with Crippen LogP contribution in [0.15, 0.2) is 0 Å². The summed E-state index contributed by atoms with van der Waals surface area (Å²) in [5.41, 5.74) is 5.41. The largest absolute Gasteiger partial charge is 0.490 e. The number of nitrogens with two attached hydrogens (primary N) is 1. The number of hydrogen-bond donors (Lipinski definition) is 3. The summed E-state index contributed by atoms with van der Waals surface area (Å²) in [6, 6.07) is 0.0421. The quantitative estimate of drug-likeness (QED) is 0.631. The van der Waals surface area contributed by atoms with Gasteiger partial charge < -0.3 is 21.1 Å². The van der Waals surface area contributed by atoms with E-state index in [2.05, 4.69) is 12.2 Å². The molecule has 0 aromatic rings. The topological polar surface area (TPSA) is 113 Å². The van der Waals surface area contributed by atoms with E-state index in [1.807, 2.05) is 11.8 Å². The Morgan fingerprint density at radius 3 is 2.15 bits per heavy atom. The van der Waals surface area contributed by atoms with Crippen LogP contribution in [0.1, 0.15) is 46.0 Å². The van der Waals surface area contributed by atoms with Crippen molar-refractivity contribution < 1.29 is 32.7 Å². The molecule has 2 rings (SSSR count). The van der Waals surface area contributed by atoms with Gasteiger partial charge in [-0.15, -0.1) is 0 Å². The lowest BCUT2D eigenvalue weighted by Gasteiger charge is -2.40. The third-order valence-corrected chi connectivity index (χ3v) is 4.91. The van der Waals surface area contributed by atoms with Gasteiger partial charge in [0.05, 0.1) is 6.04 Å². The molecule has 2 fully saturated rings. The zero-order chi connectivity index (χ0) is 20.8. The van der Waals surface area contributed by atoms with E-state index in [0.29, 0.717) is 30.2 Å². The normalized spacial score (nSPS) is 23.8. The van der Waals surface area contributed by atoms with Gasteiger partial charge in [0.2, 0.25) is 11.8 Å². The molecule has 10 heteroatoms. The van der Waals surface area contributed by atoms with Crippen molar-refractivity contribution in [3.63, 3.8) is 0 Å². The van der Waals surface area contributed by atoms with Crippen LogP contribution in [0.2, 0.25) is 0 Å². The summed E-state index contributed by atoms with van der Waals surface area (Å²) in [6.07, 6.45) is -0.310. The molecule has 1 aliphatic heterocycles. The highest BCUT2D eigenvalue weighted by atomic mass is 19.4. The Hall–Kier alpha value is -1.84. The highest BCUT2D eigenvalue weighted by Gasteiger charge is 2.39. The zero-order valence-electron chi connectivity index (χ0n) is 15.6. The van der Waals surface area contributed by atoms with E-state index in [4.69, 9.17) is 15.6 Å². The van der Waals surface area contributed by atoms with Gasteiger partial charge in [0.15, 0.2) is 0 Å². The summed E-state index contributed by atoms with van der Waals surface area (Å²) in [6.45, 7) is 5.74. The van der Waals surface area contributed by atoms with Crippen LogP contribution in [0.25, 0.3) is 0 Å². The minimum absolute atomic E-state index is 0.250. The molecule has 0 bridgehead atoms. The number of carboxylic acids is 1. The molecule has 1 saturated heterocycles. The SMILES string of the molecule is CCC(NC1CCN(C(=O)C2CC2)CC1CC)C(N)=O.O=C(O)C(F)(F)F. The fourth-order valence-corrected chi connectivity index (χ4v) is 3.11. The standard InChI is InChI=1S/C15H27N3O2.C2HF3O2/c1-3-10-9-18(15(20)11-5-6-11)8-7-13(10)17-12(4-2)14(16)19;3-2(4,5)1(6)7/h10-13,17H,3-9H2,1-2H3,(H2,16,19);(H,6,7). The van der Waals surface area contributed by atoms with Crippen molar-refractivity contribution >= 4 is 17.8 Å². The zero-order valence-corrected chi connectivity index (χ0v) is 15.6. The number of nitrogens with zero attached hydrogens (tertiary/aromatic N) is 1. The second-order valence-corrected chi connectivity index (χ2v) is 6.95. The van der Waals surface area contributed by atoms with Crippen molar-refractivity contribution in [1.29, 1.82) is 0 Å². The van der Waals surface area contributed by atoms with E-state index in [-0.39, 0.29) is 11.9 Å². The summed E-state index contributed by atoms with van der Waals surface area (Å²) in [4.78, 5) is 34.4. The second-order valence-electron chi connectivity index (χ2n) is 6.95. The van der Waals surface area contributed by atoms with Crippen LogP contribution in [0.4, 0.5) is 13.2 Å². The molecule has 0 spiro atoms. The van der Waals surface area contributed by atoms with Crippen molar-refractivity contribution in [1.82, 2.24) is 10.2 Å². The highest BCUT2D eigenvalue weighted by Crippen LogP contribution is 2.33. The van der Waals surface area contributed by atoms with Crippen LogP contribution in [-0.2, 0) is 14.4 Å². The molecule has 7 nitrogen and oxygen atoms in total. The lowest BCUT2D eigenvalue weighted by molar-refractivity contribution is -0.192. The molecule has 0 aromatic heterocycles. The molecule has 3 unspecified atom stereocenters. The number of halogens is 3. The first kappa shape index (κ1) is 23.2. The maximum absolute atomic E-state index is 12.1. The average Bonchev–Trinajstić information content (AvgIpc) is 3.43. The Morgan fingerprint density at radius 2 is 1.78 bits per heavy atom. The second kappa shape index (κ2) is 9.91. The van der Waals surface area contributed by atoms with E-state index in [1.165, 1.54) is 0 Å². The van der Waals surface area contributed by atoms with E-state index < -0.39 is 12.1 Å². The monoisotopic (exact) mass is 395 g/mol. The molecular formula is C17H28F3N3O4. The maximum atomic E-state index is 12.1. The van der Waals surface area contributed by atoms with E-state index in [1.54, 1.807) is 0 Å². The van der Waals surface area contributed by atoms with Crippen molar-refractivity contribution in [3.8, 4) is 0 Å². The molecule has 0 radical (unpaired) electrons. The number of carbonyl (C=O) groups excluding carboxylic acids is 2. The molecule has 1 heterocycles. The van der Waals surface area contributed by atoms with Gasteiger partial charge in [-0.2, -0.15) is 13.2 Å². The number of carbonyl (C=O) groups is 3. The molecule has 0 aromatic carbocycles. The number of aliphatic carboxylic acids is 1. The predicted octanol–water partition coefficient (Wildman–Crippen LogP) is 1.51. The molecule has 27 heavy (non-hydrogen) atoms. The Kier molecular flexibility index (Phi) is 8.52. The molecular weight excluding hydrogens is 367 g/mol. The summed E-state index contributed by atoms with van der Waals surface area (Å²) in [7, 11) is 0. The van der Waals surface area contributed by atoms with Gasteiger partial charge in [0.25, 0.3) is 0 Å². The van der Waals surface area contributed by atoms with Gasteiger partial charge in [-0.05, 0) is 31.6 Å². The van der Waals surface area contributed by atoms with Crippen LogP contribution < -0.4 is 11.1 Å². The Bertz CT molecular complexity index is 538. The van der Waals surface area contributed by atoms with E-state index in [0.717, 1.165) is 38.8 Å². The third kappa shape index (κ3) is 7.36. The Balaban J connectivity index is 0.000000445. The molecule has 4 N–H and O–H groups in total. The molecule has 3 atom stereocenters. The van der Waals surface area contributed by atoms with E-state index >= 15 is 0 Å². The van der Waals surface area contributed by atoms with Gasteiger partial charge >= 0.3 is 12.1 Å². The average molecular weight is 395 g/mol. The van der Waals surface area contributed by atoms with Gasteiger partial charge in [0, 0.05) is 25.0 Å². The molecule has 2 amide bonds. The van der Waals surface area contributed by atoms with Crippen molar-refractivity contribution in [2.75, 3.05) is 13.1 Å². The molecule has 1 aliphatic carbocycles. The molecule has 156 valence electrons. The van der Waals surface area contributed by atoms with Crippen LogP contribution in [-0.4, -0.2) is 59.1 Å². The van der Waals surface area contributed by atoms with Crippen LogP contribution >= 0.6 is 0 Å². The minimum atomic E-state index is -5.08. The number of primary amides is 1. The van der Waals surface area contributed by atoms with E-state index in [9.17, 15) is 22.8 Å². The number of hydrogen-bond acceptors (Lipinski definition) is 4. The Labute approximate surface area is 156 Å². The maximum Gasteiger partial charge on any atom is 0.490 e. The first-order valence-electron chi connectivity index (χ1n) is 9.15. The van der Waals surface area contributed by atoms with Crippen molar-refractivity contribution in [3.05, 3.63) is 0 Å². The van der Waals surface area contributed by atoms with Crippen LogP contribution in [0.3, 0.4) is 0 Å². The highest BCUT2D eigenvalue weighted by molar-refractivity contribution is 5.81. The van der Waals surface area contributed by atoms with Crippen LogP contribution in [0, 0.1) is 11.8 Å². The van der Waals surface area contributed by atoms with Crippen molar-refractivity contribution in [2.45, 2.75) is 64.2 Å². The number of carboxylic acid groups (broad SMARTS) is 1. The summed E-state index contributed by atoms with van der Waals surface area (Å²) >= 11 is 0. The van der Waals surface area contributed by atoms with Gasteiger partial charge in [-0.3, -0.25) is 9.59 Å². The third-order valence-electron chi connectivity index (χ3n) is 4.91.